The second kappa shape index (κ2) is 8.23. The van der Waals surface area contributed by atoms with E-state index in [1.807, 2.05) is 36.5 Å². The summed E-state index contributed by atoms with van der Waals surface area (Å²) in [5.74, 6) is 1.58. The van der Waals surface area contributed by atoms with Crippen molar-refractivity contribution in [3.8, 4) is 11.5 Å². The summed E-state index contributed by atoms with van der Waals surface area (Å²) in [6.45, 7) is 3.30. The molecule has 0 aliphatic rings. The number of rotatable bonds is 7. The molecule has 0 aliphatic carbocycles. The molecule has 0 aliphatic heterocycles. The van der Waals surface area contributed by atoms with E-state index < -0.39 is 0 Å². The standard InChI is InChI=1S/C25H23NO3/c1-18-3-5-20(6-4-18)17-29-22-9-7-19(8-10-22)14-26-15-21(16-27)24-13-23(28-2)11-12-25(24)26/h3-13,15-16H,14,17H2,1-2H3. The van der Waals surface area contributed by atoms with Crippen LogP contribution in [0.2, 0.25) is 0 Å². The third-order valence-electron chi connectivity index (χ3n) is 5.05. The van der Waals surface area contributed by atoms with Crippen molar-refractivity contribution >= 4 is 17.2 Å². The Morgan fingerprint density at radius 1 is 0.897 bits per heavy atom. The molecule has 0 unspecified atom stereocenters. The second-order valence-corrected chi connectivity index (χ2v) is 7.13. The van der Waals surface area contributed by atoms with Gasteiger partial charge in [-0.2, -0.15) is 0 Å². The van der Waals surface area contributed by atoms with E-state index >= 15 is 0 Å². The van der Waals surface area contributed by atoms with Crippen LogP contribution in [0.5, 0.6) is 11.5 Å². The van der Waals surface area contributed by atoms with E-state index in [4.69, 9.17) is 9.47 Å². The Hall–Kier alpha value is -3.53. The summed E-state index contributed by atoms with van der Waals surface area (Å²) in [5, 5.41) is 0.900. The van der Waals surface area contributed by atoms with Gasteiger partial charge in [0.1, 0.15) is 18.1 Å². The van der Waals surface area contributed by atoms with Gasteiger partial charge in [0.25, 0.3) is 0 Å². The van der Waals surface area contributed by atoms with Crippen LogP contribution in [0.1, 0.15) is 27.0 Å². The fraction of sp³-hybridized carbons (Fsp3) is 0.160. The molecular formula is C25H23NO3. The third kappa shape index (κ3) is 4.16. The average molecular weight is 385 g/mol. The van der Waals surface area contributed by atoms with Gasteiger partial charge in [-0.25, -0.2) is 0 Å². The monoisotopic (exact) mass is 385 g/mol. The summed E-state index contributed by atoms with van der Waals surface area (Å²) < 4.78 is 13.3. The van der Waals surface area contributed by atoms with E-state index in [1.165, 1.54) is 5.56 Å². The van der Waals surface area contributed by atoms with Crippen molar-refractivity contribution in [3.05, 3.63) is 95.2 Å². The summed E-state index contributed by atoms with van der Waals surface area (Å²) in [4.78, 5) is 11.5. The Morgan fingerprint density at radius 2 is 1.59 bits per heavy atom. The maximum absolute atomic E-state index is 11.5. The predicted molar refractivity (Wildman–Crippen MR) is 115 cm³/mol. The lowest BCUT2D eigenvalue weighted by molar-refractivity contribution is 0.112. The van der Waals surface area contributed by atoms with Crippen LogP contribution in [0.25, 0.3) is 10.9 Å². The summed E-state index contributed by atoms with van der Waals surface area (Å²) in [5.41, 5.74) is 5.20. The first kappa shape index (κ1) is 18.8. The highest BCUT2D eigenvalue weighted by Gasteiger charge is 2.10. The van der Waals surface area contributed by atoms with Gasteiger partial charge in [0, 0.05) is 29.2 Å². The Kier molecular flexibility index (Phi) is 5.34. The minimum absolute atomic E-state index is 0.548. The molecule has 4 heteroatoms. The molecule has 1 heterocycles. The van der Waals surface area contributed by atoms with Gasteiger partial charge in [0.2, 0.25) is 0 Å². The second-order valence-electron chi connectivity index (χ2n) is 7.13. The van der Waals surface area contributed by atoms with Gasteiger partial charge in [-0.3, -0.25) is 4.79 Å². The number of carbonyl (C=O) groups is 1. The van der Waals surface area contributed by atoms with Crippen LogP contribution in [-0.2, 0) is 13.2 Å². The lowest BCUT2D eigenvalue weighted by Gasteiger charge is -2.09. The van der Waals surface area contributed by atoms with Crippen LogP contribution in [-0.4, -0.2) is 18.0 Å². The number of fused-ring (bicyclic) bond motifs is 1. The average Bonchev–Trinajstić information content (AvgIpc) is 3.11. The van der Waals surface area contributed by atoms with Gasteiger partial charge in [0.05, 0.1) is 7.11 Å². The fourth-order valence-corrected chi connectivity index (χ4v) is 3.39. The first-order valence-corrected chi connectivity index (χ1v) is 9.55. The topological polar surface area (TPSA) is 40.5 Å². The van der Waals surface area contributed by atoms with Crippen molar-refractivity contribution < 1.29 is 14.3 Å². The van der Waals surface area contributed by atoms with Crippen molar-refractivity contribution in [2.75, 3.05) is 7.11 Å². The molecule has 1 aromatic heterocycles. The van der Waals surface area contributed by atoms with Gasteiger partial charge in [0.15, 0.2) is 6.29 Å². The van der Waals surface area contributed by atoms with E-state index in [0.29, 0.717) is 18.7 Å². The molecule has 0 N–H and O–H groups in total. The number of aromatic nitrogens is 1. The number of aryl methyl sites for hydroxylation is 1. The van der Waals surface area contributed by atoms with E-state index in [0.717, 1.165) is 39.8 Å². The number of hydrogen-bond donors (Lipinski definition) is 0. The zero-order chi connectivity index (χ0) is 20.2. The zero-order valence-electron chi connectivity index (χ0n) is 16.6. The number of hydrogen-bond acceptors (Lipinski definition) is 3. The Bertz CT molecular complexity index is 1130. The van der Waals surface area contributed by atoms with Crippen molar-refractivity contribution in [1.82, 2.24) is 4.57 Å². The van der Waals surface area contributed by atoms with Crippen LogP contribution < -0.4 is 9.47 Å². The van der Waals surface area contributed by atoms with E-state index in [9.17, 15) is 4.79 Å². The number of nitrogens with zero attached hydrogens (tertiary/aromatic N) is 1. The summed E-state index contributed by atoms with van der Waals surface area (Å²) in [7, 11) is 1.63. The molecule has 0 saturated carbocycles. The van der Waals surface area contributed by atoms with Crippen LogP contribution in [0.15, 0.2) is 72.9 Å². The number of methoxy groups -OCH3 is 1. The maximum Gasteiger partial charge on any atom is 0.152 e. The molecule has 0 bridgehead atoms. The normalized spacial score (nSPS) is 10.8. The first-order chi connectivity index (χ1) is 14.2. The number of carbonyl (C=O) groups excluding carboxylic acids is 1. The molecule has 0 atom stereocenters. The molecule has 0 spiro atoms. The SMILES string of the molecule is COc1ccc2c(c1)c(C=O)cn2Cc1ccc(OCc2ccc(C)cc2)cc1. The first-order valence-electron chi connectivity index (χ1n) is 9.55. The fourth-order valence-electron chi connectivity index (χ4n) is 3.39. The largest absolute Gasteiger partial charge is 0.497 e. The number of benzene rings is 3. The molecule has 4 aromatic rings. The quantitative estimate of drug-likeness (QED) is 0.400. The minimum atomic E-state index is 0.548. The lowest BCUT2D eigenvalue weighted by atomic mass is 10.1. The molecule has 0 fully saturated rings. The van der Waals surface area contributed by atoms with Crippen LogP contribution in [0, 0.1) is 6.92 Å². The molecule has 0 amide bonds. The molecule has 146 valence electrons. The van der Waals surface area contributed by atoms with Gasteiger partial charge in [-0.05, 0) is 48.4 Å². The molecule has 3 aromatic carbocycles. The molecule has 0 saturated heterocycles. The lowest BCUT2D eigenvalue weighted by Crippen LogP contribution is -1.99. The Labute approximate surface area is 170 Å². The van der Waals surface area contributed by atoms with Crippen LogP contribution in [0.4, 0.5) is 0 Å². The summed E-state index contributed by atoms with van der Waals surface area (Å²) >= 11 is 0. The molecule has 4 rings (SSSR count). The third-order valence-corrected chi connectivity index (χ3v) is 5.05. The van der Waals surface area contributed by atoms with Gasteiger partial charge >= 0.3 is 0 Å². The highest BCUT2D eigenvalue weighted by Crippen LogP contribution is 2.26. The maximum atomic E-state index is 11.5. The summed E-state index contributed by atoms with van der Waals surface area (Å²) in [6, 6.07) is 22.2. The van der Waals surface area contributed by atoms with Crippen LogP contribution in [0.3, 0.4) is 0 Å². The van der Waals surface area contributed by atoms with Gasteiger partial charge in [-0.1, -0.05) is 42.0 Å². The van der Waals surface area contributed by atoms with Crippen molar-refractivity contribution in [2.45, 2.75) is 20.1 Å². The minimum Gasteiger partial charge on any atom is -0.497 e. The highest BCUT2D eigenvalue weighted by atomic mass is 16.5. The van der Waals surface area contributed by atoms with Crippen molar-refractivity contribution in [1.29, 1.82) is 0 Å². The smallest absolute Gasteiger partial charge is 0.152 e. The van der Waals surface area contributed by atoms with Crippen LogP contribution >= 0.6 is 0 Å². The van der Waals surface area contributed by atoms with E-state index in [1.54, 1.807) is 7.11 Å². The van der Waals surface area contributed by atoms with E-state index in [-0.39, 0.29) is 0 Å². The van der Waals surface area contributed by atoms with E-state index in [2.05, 4.69) is 47.9 Å². The van der Waals surface area contributed by atoms with Gasteiger partial charge < -0.3 is 14.0 Å². The Morgan fingerprint density at radius 3 is 2.28 bits per heavy atom. The zero-order valence-corrected chi connectivity index (χ0v) is 16.6. The van der Waals surface area contributed by atoms with Gasteiger partial charge in [-0.15, -0.1) is 0 Å². The Balaban J connectivity index is 1.48. The molecular weight excluding hydrogens is 362 g/mol. The summed E-state index contributed by atoms with van der Waals surface area (Å²) in [6.07, 6.45) is 2.78. The van der Waals surface area contributed by atoms with Crippen molar-refractivity contribution in [2.24, 2.45) is 0 Å². The molecule has 0 radical (unpaired) electrons. The number of aldehydes is 1. The van der Waals surface area contributed by atoms with Crippen molar-refractivity contribution in [3.63, 3.8) is 0 Å². The highest BCUT2D eigenvalue weighted by molar-refractivity contribution is 5.98. The predicted octanol–water partition coefficient (Wildman–Crippen LogP) is 5.40. The molecule has 4 nitrogen and oxygen atoms in total. The molecule has 29 heavy (non-hydrogen) atoms. The number of ether oxygens (including phenoxy) is 2.